The van der Waals surface area contributed by atoms with E-state index in [9.17, 15) is 0 Å². The molecule has 1 heteroatoms. The Morgan fingerprint density at radius 1 is 0.944 bits per heavy atom. The third-order valence-corrected chi connectivity index (χ3v) is 3.66. The number of aryl methyl sites for hydroxylation is 1. The summed E-state index contributed by atoms with van der Waals surface area (Å²) in [5.41, 5.74) is 1.46. The van der Waals surface area contributed by atoms with E-state index >= 15 is 0 Å². The highest BCUT2D eigenvalue weighted by molar-refractivity contribution is 5.14. The summed E-state index contributed by atoms with van der Waals surface area (Å²) in [5.74, 6) is 0. The summed E-state index contributed by atoms with van der Waals surface area (Å²) < 4.78 is 0. The molecule has 0 N–H and O–H groups in total. The summed E-state index contributed by atoms with van der Waals surface area (Å²) in [6, 6.07) is 10.8. The van der Waals surface area contributed by atoms with Gasteiger partial charge in [-0.3, -0.25) is 4.90 Å². The summed E-state index contributed by atoms with van der Waals surface area (Å²) in [5, 5.41) is 0. The van der Waals surface area contributed by atoms with Crippen LogP contribution in [0, 0.1) is 0 Å². The van der Waals surface area contributed by atoms with E-state index in [1.54, 1.807) is 0 Å². The van der Waals surface area contributed by atoms with Gasteiger partial charge in [-0.2, -0.15) is 0 Å². The maximum absolute atomic E-state index is 2.57. The van der Waals surface area contributed by atoms with Crippen molar-refractivity contribution in [2.75, 3.05) is 19.6 Å². The Balaban J connectivity index is 1.55. The predicted octanol–water partition coefficient (Wildman–Crippen LogP) is 4.05. The highest BCUT2D eigenvalue weighted by atomic mass is 15.1. The molecule has 1 aliphatic rings. The largest absolute Gasteiger partial charge is 0.300 e. The van der Waals surface area contributed by atoms with Crippen molar-refractivity contribution < 1.29 is 0 Å². The minimum absolute atomic E-state index is 1.16. The van der Waals surface area contributed by atoms with E-state index in [4.69, 9.17) is 0 Å². The number of nitrogens with zero attached hydrogens (tertiary/aromatic N) is 1. The normalized spacial score (nSPS) is 17.3. The number of rotatable bonds is 6. The van der Waals surface area contributed by atoms with Crippen LogP contribution < -0.4 is 0 Å². The molecule has 1 aliphatic heterocycles. The molecule has 0 spiro atoms. The molecule has 0 aliphatic carbocycles. The fourth-order valence-electron chi connectivity index (χ4n) is 2.55. The van der Waals surface area contributed by atoms with Crippen LogP contribution in [0.15, 0.2) is 42.5 Å². The van der Waals surface area contributed by atoms with Crippen molar-refractivity contribution in [2.24, 2.45) is 0 Å². The molecule has 0 atom stereocenters. The zero-order chi connectivity index (χ0) is 12.5. The molecule has 1 aromatic rings. The van der Waals surface area contributed by atoms with E-state index in [1.165, 1.54) is 57.2 Å². The lowest BCUT2D eigenvalue weighted by Gasteiger charge is -2.24. The Bertz CT molecular complexity index is 336. The molecule has 0 unspecified atom stereocenters. The number of likely N-dealkylation sites (tertiary alicyclic amines) is 1. The summed E-state index contributed by atoms with van der Waals surface area (Å²) in [7, 11) is 0. The monoisotopic (exact) mass is 243 g/mol. The van der Waals surface area contributed by atoms with E-state index in [-0.39, 0.29) is 0 Å². The lowest BCUT2D eigenvalue weighted by atomic mass is 10.1. The number of hydrogen-bond donors (Lipinski definition) is 0. The molecular weight excluding hydrogens is 218 g/mol. The lowest BCUT2D eigenvalue weighted by Crippen LogP contribution is -2.29. The average Bonchev–Trinajstić information content (AvgIpc) is 2.45. The second-order valence-corrected chi connectivity index (χ2v) is 5.21. The van der Waals surface area contributed by atoms with Crippen molar-refractivity contribution in [2.45, 2.75) is 38.5 Å². The van der Waals surface area contributed by atoms with Gasteiger partial charge in [-0.1, -0.05) is 48.9 Å². The first-order valence-corrected chi connectivity index (χ1v) is 7.36. The van der Waals surface area contributed by atoms with Crippen molar-refractivity contribution in [3.05, 3.63) is 48.0 Å². The molecule has 0 bridgehead atoms. The van der Waals surface area contributed by atoms with E-state index in [0.29, 0.717) is 0 Å². The van der Waals surface area contributed by atoms with Crippen LogP contribution in [0.1, 0.15) is 37.7 Å². The average molecular weight is 243 g/mol. The molecule has 0 aromatic heterocycles. The van der Waals surface area contributed by atoms with Gasteiger partial charge in [0, 0.05) is 6.54 Å². The fourth-order valence-corrected chi connectivity index (χ4v) is 2.55. The standard InChI is InChI=1S/C17H25N/c1(5-11-17-12-6-3-7-13-17)2-8-14-18-15-9-4-10-16-18/h2-3,6-8,12-13H,1,4-5,9-11,14-16H2/b8-2-. The van der Waals surface area contributed by atoms with Crippen LogP contribution >= 0.6 is 0 Å². The molecule has 1 aromatic carbocycles. The molecule has 98 valence electrons. The number of allylic oxidation sites excluding steroid dienone is 1. The molecule has 1 nitrogen and oxygen atoms in total. The van der Waals surface area contributed by atoms with Crippen LogP contribution in [0.2, 0.25) is 0 Å². The van der Waals surface area contributed by atoms with Crippen molar-refractivity contribution >= 4 is 0 Å². The van der Waals surface area contributed by atoms with Gasteiger partial charge < -0.3 is 0 Å². The minimum atomic E-state index is 1.16. The second kappa shape index (κ2) is 8.10. The molecule has 0 radical (unpaired) electrons. The van der Waals surface area contributed by atoms with Crippen LogP contribution in [0.25, 0.3) is 0 Å². The van der Waals surface area contributed by atoms with Gasteiger partial charge in [-0.15, -0.1) is 0 Å². The maximum atomic E-state index is 2.57. The molecular formula is C17H25N. The number of benzene rings is 1. The zero-order valence-corrected chi connectivity index (χ0v) is 11.4. The zero-order valence-electron chi connectivity index (χ0n) is 11.4. The van der Waals surface area contributed by atoms with E-state index in [2.05, 4.69) is 47.4 Å². The van der Waals surface area contributed by atoms with Crippen LogP contribution in [0.5, 0.6) is 0 Å². The maximum Gasteiger partial charge on any atom is 0.0163 e. The molecule has 1 fully saturated rings. The number of unbranched alkanes of at least 4 members (excludes halogenated alkanes) is 1. The van der Waals surface area contributed by atoms with Crippen molar-refractivity contribution in [3.8, 4) is 0 Å². The van der Waals surface area contributed by atoms with Gasteiger partial charge in [-0.25, -0.2) is 0 Å². The molecule has 1 saturated heterocycles. The third kappa shape index (κ3) is 5.05. The van der Waals surface area contributed by atoms with Crippen LogP contribution in [0.3, 0.4) is 0 Å². The molecule has 2 rings (SSSR count). The summed E-state index contributed by atoms with van der Waals surface area (Å²) in [6.45, 7) is 3.76. The van der Waals surface area contributed by atoms with E-state index in [0.717, 1.165) is 6.54 Å². The first-order valence-electron chi connectivity index (χ1n) is 7.36. The number of hydrogen-bond acceptors (Lipinski definition) is 1. The van der Waals surface area contributed by atoms with E-state index < -0.39 is 0 Å². The minimum Gasteiger partial charge on any atom is -0.300 e. The number of piperidine rings is 1. The van der Waals surface area contributed by atoms with E-state index in [1.807, 2.05) is 0 Å². The SMILES string of the molecule is C(=C/CN1CCCCC1)/CCCc1ccccc1. The molecule has 18 heavy (non-hydrogen) atoms. The summed E-state index contributed by atoms with van der Waals surface area (Å²) in [4.78, 5) is 2.57. The van der Waals surface area contributed by atoms with Gasteiger partial charge in [0.25, 0.3) is 0 Å². The molecule has 0 amide bonds. The summed E-state index contributed by atoms with van der Waals surface area (Å²) in [6.07, 6.45) is 12.6. The predicted molar refractivity (Wildman–Crippen MR) is 78.8 cm³/mol. The highest BCUT2D eigenvalue weighted by Crippen LogP contribution is 2.08. The Morgan fingerprint density at radius 3 is 2.50 bits per heavy atom. The first kappa shape index (κ1) is 13.4. The molecule has 1 heterocycles. The summed E-state index contributed by atoms with van der Waals surface area (Å²) >= 11 is 0. The van der Waals surface area contributed by atoms with Crippen molar-refractivity contribution in [3.63, 3.8) is 0 Å². The third-order valence-electron chi connectivity index (χ3n) is 3.66. The smallest absolute Gasteiger partial charge is 0.0163 e. The van der Waals surface area contributed by atoms with Gasteiger partial charge in [0.1, 0.15) is 0 Å². The Labute approximate surface area is 112 Å². The Hall–Kier alpha value is -1.08. The van der Waals surface area contributed by atoms with Gasteiger partial charge in [0.15, 0.2) is 0 Å². The first-order chi connectivity index (χ1) is 8.95. The van der Waals surface area contributed by atoms with Crippen LogP contribution in [0.4, 0.5) is 0 Å². The topological polar surface area (TPSA) is 3.24 Å². The quantitative estimate of drug-likeness (QED) is 0.538. The lowest BCUT2D eigenvalue weighted by molar-refractivity contribution is 0.251. The van der Waals surface area contributed by atoms with Gasteiger partial charge >= 0.3 is 0 Å². The van der Waals surface area contributed by atoms with Crippen molar-refractivity contribution in [1.82, 2.24) is 4.90 Å². The second-order valence-electron chi connectivity index (χ2n) is 5.21. The highest BCUT2D eigenvalue weighted by Gasteiger charge is 2.06. The van der Waals surface area contributed by atoms with Crippen LogP contribution in [-0.4, -0.2) is 24.5 Å². The molecule has 0 saturated carbocycles. The Kier molecular flexibility index (Phi) is 6.01. The van der Waals surface area contributed by atoms with Gasteiger partial charge in [0.05, 0.1) is 0 Å². The van der Waals surface area contributed by atoms with Crippen molar-refractivity contribution in [1.29, 1.82) is 0 Å². The fraction of sp³-hybridized carbons (Fsp3) is 0.529. The van der Waals surface area contributed by atoms with Gasteiger partial charge in [0.2, 0.25) is 0 Å². The van der Waals surface area contributed by atoms with Crippen LogP contribution in [-0.2, 0) is 6.42 Å². The Morgan fingerprint density at radius 2 is 1.72 bits per heavy atom. The van der Waals surface area contributed by atoms with Gasteiger partial charge in [-0.05, 0) is 50.8 Å².